The van der Waals surface area contributed by atoms with Crippen molar-refractivity contribution in [3.63, 3.8) is 0 Å². The van der Waals surface area contributed by atoms with E-state index in [0.29, 0.717) is 11.5 Å². The highest BCUT2D eigenvalue weighted by Crippen LogP contribution is 2.21. The second kappa shape index (κ2) is 7.48. The van der Waals surface area contributed by atoms with Crippen molar-refractivity contribution in [1.29, 1.82) is 0 Å². The summed E-state index contributed by atoms with van der Waals surface area (Å²) in [5.74, 6) is 1.37. The fraction of sp³-hybridized carbons (Fsp3) is 0.294. The Morgan fingerprint density at radius 1 is 1.13 bits per heavy atom. The molecule has 1 unspecified atom stereocenters. The van der Waals surface area contributed by atoms with E-state index < -0.39 is 10.0 Å². The van der Waals surface area contributed by atoms with E-state index in [4.69, 9.17) is 9.47 Å². The summed E-state index contributed by atoms with van der Waals surface area (Å²) in [5, 5.41) is 0. The molecule has 0 aliphatic rings. The van der Waals surface area contributed by atoms with E-state index in [-0.39, 0.29) is 17.5 Å². The molecule has 0 radical (unpaired) electrons. The van der Waals surface area contributed by atoms with Crippen molar-refractivity contribution in [3.05, 3.63) is 54.1 Å². The van der Waals surface area contributed by atoms with Crippen LogP contribution < -0.4 is 14.2 Å². The molecule has 5 nitrogen and oxygen atoms in total. The monoisotopic (exact) mass is 335 g/mol. The van der Waals surface area contributed by atoms with Gasteiger partial charge in [0.2, 0.25) is 10.0 Å². The first-order chi connectivity index (χ1) is 10.9. The lowest BCUT2D eigenvalue weighted by atomic mass is 10.2. The molecule has 0 saturated carbocycles. The highest BCUT2D eigenvalue weighted by atomic mass is 32.2. The zero-order valence-corrected chi connectivity index (χ0v) is 14.3. The zero-order chi connectivity index (χ0) is 16.9. The maximum atomic E-state index is 12.3. The Morgan fingerprint density at radius 3 is 2.43 bits per heavy atom. The molecular weight excluding hydrogens is 314 g/mol. The molecule has 0 heterocycles. The molecule has 0 aliphatic carbocycles. The van der Waals surface area contributed by atoms with Gasteiger partial charge in [0.1, 0.15) is 17.6 Å². The molecule has 1 atom stereocenters. The third kappa shape index (κ3) is 4.71. The van der Waals surface area contributed by atoms with E-state index in [1.165, 1.54) is 6.07 Å². The maximum Gasteiger partial charge on any atom is 0.240 e. The predicted octanol–water partition coefficient (Wildman–Crippen LogP) is 2.75. The highest BCUT2D eigenvalue weighted by molar-refractivity contribution is 7.89. The van der Waals surface area contributed by atoms with Crippen LogP contribution in [0.1, 0.15) is 12.5 Å². The summed E-state index contributed by atoms with van der Waals surface area (Å²) >= 11 is 0. The minimum absolute atomic E-state index is 0.183. The number of hydrogen-bond donors (Lipinski definition) is 1. The lowest BCUT2D eigenvalue weighted by Gasteiger charge is -2.16. The molecule has 2 rings (SSSR count). The van der Waals surface area contributed by atoms with Crippen LogP contribution >= 0.6 is 0 Å². The maximum absolute atomic E-state index is 12.3. The first-order valence-corrected chi connectivity index (χ1v) is 8.76. The molecule has 0 amide bonds. The molecule has 1 N–H and O–H groups in total. The number of para-hydroxylation sites is 1. The Labute approximate surface area is 137 Å². The van der Waals surface area contributed by atoms with E-state index >= 15 is 0 Å². The van der Waals surface area contributed by atoms with Crippen molar-refractivity contribution in [3.8, 4) is 11.5 Å². The zero-order valence-electron chi connectivity index (χ0n) is 13.4. The van der Waals surface area contributed by atoms with Crippen LogP contribution in [0.5, 0.6) is 11.5 Å². The Hall–Kier alpha value is -2.05. The number of sulfonamides is 1. The van der Waals surface area contributed by atoms with Gasteiger partial charge >= 0.3 is 0 Å². The third-order valence-corrected chi connectivity index (χ3v) is 4.74. The Bertz CT molecular complexity index is 744. The number of methoxy groups -OCH3 is 1. The van der Waals surface area contributed by atoms with Crippen LogP contribution in [-0.4, -0.2) is 28.2 Å². The number of aryl methyl sites for hydroxylation is 1. The molecule has 23 heavy (non-hydrogen) atoms. The van der Waals surface area contributed by atoms with Crippen LogP contribution in [0.15, 0.2) is 53.4 Å². The first-order valence-electron chi connectivity index (χ1n) is 7.28. The molecule has 0 saturated heterocycles. The van der Waals surface area contributed by atoms with Crippen LogP contribution in [0.3, 0.4) is 0 Å². The third-order valence-electron chi connectivity index (χ3n) is 3.32. The molecule has 0 aromatic heterocycles. The van der Waals surface area contributed by atoms with E-state index in [9.17, 15) is 8.42 Å². The molecule has 124 valence electrons. The van der Waals surface area contributed by atoms with Crippen molar-refractivity contribution >= 4 is 10.0 Å². The largest absolute Gasteiger partial charge is 0.496 e. The Balaban J connectivity index is 1.99. The van der Waals surface area contributed by atoms with Gasteiger partial charge in [-0.1, -0.05) is 18.2 Å². The summed E-state index contributed by atoms with van der Waals surface area (Å²) in [5.41, 5.74) is 0.768. The van der Waals surface area contributed by atoms with Gasteiger partial charge in [0.05, 0.1) is 12.0 Å². The molecule has 0 spiro atoms. The quantitative estimate of drug-likeness (QED) is 0.845. The molecular formula is C17H21NO4S. The van der Waals surface area contributed by atoms with Crippen molar-refractivity contribution in [1.82, 2.24) is 4.72 Å². The normalized spacial score (nSPS) is 12.7. The van der Waals surface area contributed by atoms with Crippen LogP contribution in [0, 0.1) is 6.92 Å². The molecule has 2 aromatic carbocycles. The summed E-state index contributed by atoms with van der Waals surface area (Å²) in [6.07, 6.45) is -0.286. The van der Waals surface area contributed by atoms with Gasteiger partial charge in [-0.3, -0.25) is 0 Å². The van der Waals surface area contributed by atoms with E-state index in [0.717, 1.165) is 5.56 Å². The van der Waals surface area contributed by atoms with Crippen LogP contribution in [0.2, 0.25) is 0 Å². The van der Waals surface area contributed by atoms with E-state index in [1.54, 1.807) is 26.2 Å². The molecule has 6 heteroatoms. The first kappa shape index (κ1) is 17.3. The average molecular weight is 335 g/mol. The standard InChI is InChI=1S/C17H21NO4S/c1-13-11-16(9-10-17(13)21-3)23(19,20)18-12-14(2)22-15-7-5-4-6-8-15/h4-11,14,18H,12H2,1-3H3. The number of rotatable bonds is 7. The fourth-order valence-corrected chi connectivity index (χ4v) is 3.30. The molecule has 0 bridgehead atoms. The minimum atomic E-state index is -3.58. The topological polar surface area (TPSA) is 64.6 Å². The summed E-state index contributed by atoms with van der Waals surface area (Å²) in [6.45, 7) is 3.80. The van der Waals surface area contributed by atoms with Gasteiger partial charge in [0.25, 0.3) is 0 Å². The minimum Gasteiger partial charge on any atom is -0.496 e. The molecule has 2 aromatic rings. The summed E-state index contributed by atoms with van der Waals surface area (Å²) < 4.78 is 38.0. The van der Waals surface area contributed by atoms with Crippen LogP contribution in [0.25, 0.3) is 0 Å². The van der Waals surface area contributed by atoms with Crippen molar-refractivity contribution in [2.24, 2.45) is 0 Å². The predicted molar refractivity (Wildman–Crippen MR) is 89.5 cm³/mol. The number of benzene rings is 2. The van der Waals surface area contributed by atoms with E-state index in [2.05, 4.69) is 4.72 Å². The number of ether oxygens (including phenoxy) is 2. The van der Waals surface area contributed by atoms with Gasteiger partial charge in [0, 0.05) is 6.54 Å². The summed E-state index contributed by atoms with van der Waals surface area (Å²) in [7, 11) is -2.03. The van der Waals surface area contributed by atoms with Gasteiger partial charge in [-0.05, 0) is 49.7 Å². The van der Waals surface area contributed by atoms with Crippen molar-refractivity contribution in [2.75, 3.05) is 13.7 Å². The smallest absolute Gasteiger partial charge is 0.240 e. The second-order valence-electron chi connectivity index (χ2n) is 5.22. The second-order valence-corrected chi connectivity index (χ2v) is 6.99. The number of hydrogen-bond acceptors (Lipinski definition) is 4. The van der Waals surface area contributed by atoms with Gasteiger partial charge in [-0.2, -0.15) is 0 Å². The average Bonchev–Trinajstić information content (AvgIpc) is 2.54. The van der Waals surface area contributed by atoms with Gasteiger partial charge in [0.15, 0.2) is 0 Å². The Morgan fingerprint density at radius 2 is 1.83 bits per heavy atom. The van der Waals surface area contributed by atoms with Crippen molar-refractivity contribution in [2.45, 2.75) is 24.8 Å². The molecule has 0 aliphatic heterocycles. The summed E-state index contributed by atoms with van der Waals surface area (Å²) in [4.78, 5) is 0.211. The Kier molecular flexibility index (Phi) is 5.63. The van der Waals surface area contributed by atoms with E-state index in [1.807, 2.05) is 37.3 Å². The summed E-state index contributed by atoms with van der Waals surface area (Å²) in [6, 6.07) is 14.1. The van der Waals surface area contributed by atoms with Crippen molar-refractivity contribution < 1.29 is 17.9 Å². The van der Waals surface area contributed by atoms with Crippen LogP contribution in [0.4, 0.5) is 0 Å². The SMILES string of the molecule is COc1ccc(S(=O)(=O)NCC(C)Oc2ccccc2)cc1C. The van der Waals surface area contributed by atoms with Gasteiger partial charge < -0.3 is 9.47 Å². The highest BCUT2D eigenvalue weighted by Gasteiger charge is 2.17. The van der Waals surface area contributed by atoms with Gasteiger partial charge in [-0.15, -0.1) is 0 Å². The molecule has 0 fully saturated rings. The van der Waals surface area contributed by atoms with Gasteiger partial charge in [-0.25, -0.2) is 13.1 Å². The van der Waals surface area contributed by atoms with Crippen LogP contribution in [-0.2, 0) is 10.0 Å². The lowest BCUT2D eigenvalue weighted by Crippen LogP contribution is -2.33. The lowest BCUT2D eigenvalue weighted by molar-refractivity contribution is 0.225. The number of nitrogens with one attached hydrogen (secondary N) is 1. The fourth-order valence-electron chi connectivity index (χ4n) is 2.10.